The molecule has 0 bridgehead atoms. The van der Waals surface area contributed by atoms with Crippen molar-refractivity contribution < 1.29 is 19.2 Å². The van der Waals surface area contributed by atoms with Crippen LogP contribution in [-0.2, 0) is 4.79 Å². The van der Waals surface area contributed by atoms with E-state index in [0.717, 1.165) is 43.3 Å². The van der Waals surface area contributed by atoms with Crippen LogP contribution >= 0.6 is 0 Å². The number of carbonyl (C=O) groups is 4. The van der Waals surface area contributed by atoms with Gasteiger partial charge in [-0.15, -0.1) is 0 Å². The van der Waals surface area contributed by atoms with Crippen LogP contribution in [0.25, 0.3) is 50.5 Å². The van der Waals surface area contributed by atoms with Crippen LogP contribution in [0.5, 0.6) is 0 Å². The Hall–Kier alpha value is -6.00. The van der Waals surface area contributed by atoms with Crippen molar-refractivity contribution in [1.29, 1.82) is 0 Å². The number of allylic oxidation sites excluding steroid dienone is 3. The van der Waals surface area contributed by atoms with Gasteiger partial charge in [-0.1, -0.05) is 66.8 Å². The average Bonchev–Trinajstić information content (AvgIpc) is 3.04. The van der Waals surface area contributed by atoms with E-state index in [0.29, 0.717) is 16.7 Å². The fraction of sp³-hybridized carbons (Fsp3) is 0. The summed E-state index contributed by atoms with van der Waals surface area (Å²) in [6, 6.07) is 31.9. The van der Waals surface area contributed by atoms with Crippen molar-refractivity contribution in [3.63, 3.8) is 0 Å². The Balaban J connectivity index is 0.000000134. The SMILES string of the molecule is O=C1C=CC=c2cc3c(cc21)=Cc1ccccc1C3=O.O=C1C=Cc2cc3cc4cc5ccccc5cc4cc3cc2C1=O. The van der Waals surface area contributed by atoms with Gasteiger partial charge in [-0.25, -0.2) is 0 Å². The van der Waals surface area contributed by atoms with Gasteiger partial charge in [0.1, 0.15) is 0 Å². The fourth-order valence-electron chi connectivity index (χ4n) is 6.24. The van der Waals surface area contributed by atoms with Crippen LogP contribution in [0.2, 0.25) is 0 Å². The number of ketones is 4. The average molecular weight is 567 g/mol. The van der Waals surface area contributed by atoms with Gasteiger partial charge in [0.2, 0.25) is 11.6 Å². The smallest absolute Gasteiger partial charge is 0.233 e. The van der Waals surface area contributed by atoms with Crippen molar-refractivity contribution in [1.82, 2.24) is 0 Å². The van der Waals surface area contributed by atoms with Gasteiger partial charge in [0.05, 0.1) is 0 Å². The largest absolute Gasteiger partial charge is 0.289 e. The molecule has 6 aromatic rings. The zero-order valence-electron chi connectivity index (χ0n) is 23.3. The van der Waals surface area contributed by atoms with Gasteiger partial charge in [-0.2, -0.15) is 0 Å². The molecule has 0 N–H and O–H groups in total. The molecule has 4 nitrogen and oxygen atoms in total. The molecule has 4 heteroatoms. The normalized spacial score (nSPS) is 14.3. The Bertz CT molecular complexity index is 2510. The van der Waals surface area contributed by atoms with Gasteiger partial charge in [0.25, 0.3) is 0 Å². The highest BCUT2D eigenvalue weighted by molar-refractivity contribution is 6.50. The van der Waals surface area contributed by atoms with Crippen LogP contribution in [0, 0.1) is 0 Å². The van der Waals surface area contributed by atoms with Crippen LogP contribution in [-0.4, -0.2) is 23.1 Å². The van der Waals surface area contributed by atoms with Crippen LogP contribution in [0.1, 0.15) is 47.8 Å². The molecule has 0 atom stereocenters. The molecule has 0 aromatic heterocycles. The van der Waals surface area contributed by atoms with E-state index in [9.17, 15) is 19.2 Å². The Labute approximate surface area is 251 Å². The molecule has 0 amide bonds. The molecule has 3 aliphatic carbocycles. The number of hydrogen-bond donors (Lipinski definition) is 0. The maximum Gasteiger partial charge on any atom is 0.233 e. The van der Waals surface area contributed by atoms with Crippen LogP contribution < -0.4 is 10.4 Å². The molecule has 0 heterocycles. The number of Topliss-reactive ketones (excluding diaryl/α,β-unsaturated/α-hetero) is 1. The maximum atomic E-state index is 12.5. The Kier molecular flexibility index (Phi) is 5.71. The minimum atomic E-state index is -0.450. The molecule has 0 aliphatic heterocycles. The summed E-state index contributed by atoms with van der Waals surface area (Å²) in [5, 5.41) is 8.40. The Morgan fingerprint density at radius 1 is 0.386 bits per heavy atom. The molecule has 0 saturated heterocycles. The summed E-state index contributed by atoms with van der Waals surface area (Å²) in [5.41, 5.74) is 4.27. The number of hydrogen-bond acceptors (Lipinski definition) is 4. The summed E-state index contributed by atoms with van der Waals surface area (Å²) in [4.78, 5) is 48.1. The first-order valence-electron chi connectivity index (χ1n) is 14.3. The quantitative estimate of drug-likeness (QED) is 0.155. The van der Waals surface area contributed by atoms with E-state index in [1.807, 2.05) is 72.8 Å². The highest BCUT2D eigenvalue weighted by Gasteiger charge is 2.22. The Morgan fingerprint density at radius 3 is 1.80 bits per heavy atom. The minimum Gasteiger partial charge on any atom is -0.289 e. The monoisotopic (exact) mass is 566 g/mol. The van der Waals surface area contributed by atoms with Crippen molar-refractivity contribution in [2.24, 2.45) is 0 Å². The third-order valence-electron chi connectivity index (χ3n) is 8.48. The van der Waals surface area contributed by atoms with Crippen molar-refractivity contribution in [3.8, 4) is 0 Å². The van der Waals surface area contributed by atoms with E-state index < -0.39 is 11.6 Å². The lowest BCUT2D eigenvalue weighted by Gasteiger charge is -2.14. The van der Waals surface area contributed by atoms with Gasteiger partial charge < -0.3 is 0 Å². The lowest BCUT2D eigenvalue weighted by Crippen LogP contribution is -2.29. The summed E-state index contributed by atoms with van der Waals surface area (Å²) >= 11 is 0. The van der Waals surface area contributed by atoms with Crippen LogP contribution in [0.15, 0.2) is 115 Å². The van der Waals surface area contributed by atoms with Gasteiger partial charge in [0.15, 0.2) is 11.6 Å². The van der Waals surface area contributed by atoms with Gasteiger partial charge in [-0.05, 0) is 121 Å². The standard InChI is InChI=1S/C22H12O2.C18H10O2/c23-21-6-5-15-9-18-10-16-7-13-3-1-2-4-14(13)8-17(16)11-19(18)12-20(15)22(21)24;19-17-7-3-5-12-9-16-13(10-15(12)17)8-11-4-1-2-6-14(11)18(16)20/h1-12H;1-10H. The van der Waals surface area contributed by atoms with Gasteiger partial charge in [-0.3, -0.25) is 19.2 Å². The van der Waals surface area contributed by atoms with E-state index in [-0.39, 0.29) is 11.6 Å². The maximum absolute atomic E-state index is 12.5. The first-order chi connectivity index (χ1) is 21.4. The number of benzene rings is 6. The molecule has 0 unspecified atom stereocenters. The topological polar surface area (TPSA) is 68.3 Å². The zero-order valence-corrected chi connectivity index (χ0v) is 23.3. The fourth-order valence-corrected chi connectivity index (χ4v) is 6.24. The van der Waals surface area contributed by atoms with Crippen molar-refractivity contribution >= 4 is 73.7 Å². The lowest BCUT2D eigenvalue weighted by atomic mass is 9.88. The second-order valence-electron chi connectivity index (χ2n) is 11.2. The van der Waals surface area contributed by atoms with E-state index in [4.69, 9.17) is 0 Å². The summed E-state index contributed by atoms with van der Waals surface area (Å²) in [5.74, 6) is -0.858. The minimum absolute atomic E-state index is 0.00925. The van der Waals surface area contributed by atoms with Crippen molar-refractivity contribution in [2.45, 2.75) is 0 Å². The van der Waals surface area contributed by atoms with Gasteiger partial charge in [0, 0.05) is 22.3 Å². The molecule has 0 radical (unpaired) electrons. The molecule has 0 spiro atoms. The summed E-state index contributed by atoms with van der Waals surface area (Å²) in [6.07, 6.45) is 10.2. The summed E-state index contributed by atoms with van der Waals surface area (Å²) in [7, 11) is 0. The van der Waals surface area contributed by atoms with Crippen LogP contribution in [0.4, 0.5) is 0 Å². The third kappa shape index (κ3) is 4.16. The molecular weight excluding hydrogens is 544 g/mol. The Morgan fingerprint density at radius 2 is 1.02 bits per heavy atom. The number of carbonyl (C=O) groups excluding carboxylic acids is 4. The highest BCUT2D eigenvalue weighted by atomic mass is 16.2. The van der Waals surface area contributed by atoms with E-state index >= 15 is 0 Å². The second kappa shape index (κ2) is 9.79. The first-order valence-corrected chi connectivity index (χ1v) is 14.3. The number of fused-ring (bicyclic) bond motifs is 7. The predicted octanol–water partition coefficient (Wildman–Crippen LogP) is 6.52. The molecule has 0 fully saturated rings. The molecule has 0 saturated carbocycles. The van der Waals surface area contributed by atoms with E-state index in [1.165, 1.54) is 22.2 Å². The molecule has 44 heavy (non-hydrogen) atoms. The molecule has 3 aliphatic rings. The molecule has 6 aromatic carbocycles. The van der Waals surface area contributed by atoms with E-state index in [1.54, 1.807) is 18.2 Å². The molecule has 206 valence electrons. The first kappa shape index (κ1) is 25.7. The zero-order chi connectivity index (χ0) is 29.9. The third-order valence-corrected chi connectivity index (χ3v) is 8.48. The lowest BCUT2D eigenvalue weighted by molar-refractivity contribution is -0.110. The van der Waals surface area contributed by atoms with E-state index in [2.05, 4.69) is 36.4 Å². The molecule has 9 rings (SSSR count). The van der Waals surface area contributed by atoms with Gasteiger partial charge >= 0.3 is 0 Å². The van der Waals surface area contributed by atoms with Crippen molar-refractivity contribution in [2.75, 3.05) is 0 Å². The highest BCUT2D eigenvalue weighted by Crippen LogP contribution is 2.31. The summed E-state index contributed by atoms with van der Waals surface area (Å²) in [6.45, 7) is 0. The summed E-state index contributed by atoms with van der Waals surface area (Å²) < 4.78 is 0. The van der Waals surface area contributed by atoms with Crippen molar-refractivity contribution in [3.05, 3.63) is 159 Å². The molecular formula is C40H22O4. The second-order valence-corrected chi connectivity index (χ2v) is 11.2. The number of rotatable bonds is 0. The van der Waals surface area contributed by atoms with Crippen LogP contribution in [0.3, 0.4) is 0 Å². The predicted molar refractivity (Wildman–Crippen MR) is 174 cm³/mol.